The van der Waals surface area contributed by atoms with Gasteiger partial charge in [0.1, 0.15) is 29.0 Å². The van der Waals surface area contributed by atoms with Gasteiger partial charge in [-0.2, -0.15) is 0 Å². The number of nitrogens with zero attached hydrogens (tertiary/aromatic N) is 4. The van der Waals surface area contributed by atoms with Crippen molar-refractivity contribution in [2.24, 2.45) is 4.99 Å². The Kier molecular flexibility index (Phi) is 9.70. The summed E-state index contributed by atoms with van der Waals surface area (Å²) in [5, 5.41) is 0. The van der Waals surface area contributed by atoms with Gasteiger partial charge < -0.3 is 9.47 Å². The van der Waals surface area contributed by atoms with E-state index in [1.54, 1.807) is 0 Å². The maximum absolute atomic E-state index is 6.91. The van der Waals surface area contributed by atoms with Crippen molar-refractivity contribution in [2.45, 2.75) is 83.8 Å². The lowest BCUT2D eigenvalue weighted by molar-refractivity contribution is 0.0916. The Balaban J connectivity index is 1.14. The molecule has 0 saturated carbocycles. The number of aliphatic imine (C=N–C) groups is 1. The Morgan fingerprint density at radius 1 is 0.650 bits per heavy atom. The molecule has 0 saturated heterocycles. The lowest BCUT2D eigenvalue weighted by Crippen LogP contribution is -2.38. The number of anilines is 3. The normalized spacial score (nSPS) is 16.4. The van der Waals surface area contributed by atoms with Gasteiger partial charge in [0.2, 0.25) is 5.90 Å². The molecule has 4 heterocycles. The number of fused-ring (bicyclic) bond motifs is 2. The maximum Gasteiger partial charge on any atom is 0.217 e. The van der Waals surface area contributed by atoms with Crippen LogP contribution in [-0.4, -0.2) is 27.5 Å². The summed E-state index contributed by atoms with van der Waals surface area (Å²) in [4.78, 5) is 17.4. The molecule has 0 N–H and O–H groups in total. The highest BCUT2D eigenvalue weighted by molar-refractivity contribution is 5.97. The second-order valence-corrected chi connectivity index (χ2v) is 18.3. The van der Waals surface area contributed by atoms with Gasteiger partial charge in [0.15, 0.2) is 0 Å². The van der Waals surface area contributed by atoms with E-state index in [0.717, 1.165) is 39.6 Å². The molecule has 7 aromatic rings. The van der Waals surface area contributed by atoms with Crippen LogP contribution in [0.5, 0.6) is 11.5 Å². The van der Waals surface area contributed by atoms with E-state index in [1.165, 1.54) is 27.8 Å². The molecule has 2 aromatic heterocycles. The Hall–Kier alpha value is -6.53. The average Bonchev–Trinajstić information content (AvgIpc) is 3.55. The molecule has 0 spiro atoms. The topological polar surface area (TPSA) is 59.8 Å². The molecule has 0 amide bonds. The molecule has 0 unspecified atom stereocenters. The zero-order chi connectivity index (χ0) is 41.8. The molecule has 0 fully saturated rings. The van der Waals surface area contributed by atoms with Crippen LogP contribution in [-0.2, 0) is 15.6 Å². The van der Waals surface area contributed by atoms with Crippen molar-refractivity contribution in [1.82, 2.24) is 9.97 Å². The maximum atomic E-state index is 6.91. The molecule has 9 rings (SSSR count). The summed E-state index contributed by atoms with van der Waals surface area (Å²) in [5.41, 5.74) is 11.1. The van der Waals surface area contributed by atoms with Gasteiger partial charge in [-0.05, 0) is 109 Å². The molecule has 0 bridgehead atoms. The predicted molar refractivity (Wildman–Crippen MR) is 244 cm³/mol. The first-order chi connectivity index (χ1) is 28.8. The Labute approximate surface area is 354 Å². The summed E-state index contributed by atoms with van der Waals surface area (Å²) in [7, 11) is 0. The van der Waals surface area contributed by atoms with Gasteiger partial charge in [-0.15, -0.1) is 0 Å². The third-order valence-corrected chi connectivity index (χ3v) is 12.1. The van der Waals surface area contributed by atoms with Gasteiger partial charge in [0.05, 0.1) is 17.1 Å². The molecule has 1 atom stereocenters. The van der Waals surface area contributed by atoms with Crippen molar-refractivity contribution < 1.29 is 9.47 Å². The summed E-state index contributed by atoms with van der Waals surface area (Å²) >= 11 is 0. The van der Waals surface area contributed by atoms with E-state index in [2.05, 4.69) is 169 Å². The van der Waals surface area contributed by atoms with Gasteiger partial charge in [-0.25, -0.2) is 9.98 Å². The molecular weight excluding hydrogens is 737 g/mol. The second kappa shape index (κ2) is 14.9. The molecule has 6 heteroatoms. The summed E-state index contributed by atoms with van der Waals surface area (Å²) in [5.74, 6) is 2.87. The number of hydrogen-bond acceptors (Lipinski definition) is 6. The van der Waals surface area contributed by atoms with E-state index in [9.17, 15) is 0 Å². The third-order valence-electron chi connectivity index (χ3n) is 12.1. The number of hydrogen-bond donors (Lipinski definition) is 0. The number of aromatic nitrogens is 2. The zero-order valence-electron chi connectivity index (χ0n) is 35.8. The average molecular weight is 789 g/mol. The van der Waals surface area contributed by atoms with Crippen LogP contribution in [0.3, 0.4) is 0 Å². The summed E-state index contributed by atoms with van der Waals surface area (Å²) in [6, 6.07) is 50.8. The van der Waals surface area contributed by atoms with E-state index in [4.69, 9.17) is 24.4 Å². The molecule has 6 nitrogen and oxygen atoms in total. The zero-order valence-corrected chi connectivity index (χ0v) is 35.8. The summed E-state index contributed by atoms with van der Waals surface area (Å²) in [6.45, 7) is 17.8. The van der Waals surface area contributed by atoms with Crippen molar-refractivity contribution in [2.75, 3.05) is 4.90 Å². The minimum atomic E-state index is -0.601. The number of pyridine rings is 2. The first-order valence-corrected chi connectivity index (χ1v) is 20.9. The van der Waals surface area contributed by atoms with E-state index in [-0.39, 0.29) is 22.8 Å². The molecule has 60 heavy (non-hydrogen) atoms. The molecule has 2 aliphatic heterocycles. The predicted octanol–water partition coefficient (Wildman–Crippen LogP) is 13.4. The molecule has 0 radical (unpaired) electrons. The Morgan fingerprint density at radius 3 is 2.00 bits per heavy atom. The molecule has 0 aliphatic carbocycles. The fourth-order valence-electron chi connectivity index (χ4n) is 8.90. The van der Waals surface area contributed by atoms with Gasteiger partial charge in [-0.1, -0.05) is 120 Å². The van der Waals surface area contributed by atoms with Crippen LogP contribution in [0.2, 0.25) is 0 Å². The quantitative estimate of drug-likeness (QED) is 0.153. The molecule has 300 valence electrons. The van der Waals surface area contributed by atoms with Gasteiger partial charge in [0.25, 0.3) is 0 Å². The van der Waals surface area contributed by atoms with Crippen LogP contribution < -0.4 is 9.64 Å². The van der Waals surface area contributed by atoms with E-state index < -0.39 is 5.60 Å². The number of rotatable bonds is 8. The van der Waals surface area contributed by atoms with Crippen molar-refractivity contribution in [3.8, 4) is 22.8 Å². The van der Waals surface area contributed by atoms with Crippen molar-refractivity contribution in [3.05, 3.63) is 197 Å². The van der Waals surface area contributed by atoms with E-state index in [0.29, 0.717) is 17.4 Å². The Bertz CT molecular complexity index is 2680. The minimum Gasteiger partial charge on any atom is -0.469 e. The van der Waals surface area contributed by atoms with Gasteiger partial charge in [-0.3, -0.25) is 9.88 Å². The minimum absolute atomic E-state index is 0.00882. The van der Waals surface area contributed by atoms with Crippen molar-refractivity contribution >= 4 is 23.1 Å². The van der Waals surface area contributed by atoms with Crippen LogP contribution in [0.1, 0.15) is 93.3 Å². The second-order valence-electron chi connectivity index (χ2n) is 18.3. The first-order valence-electron chi connectivity index (χ1n) is 20.9. The van der Waals surface area contributed by atoms with Crippen LogP contribution in [0.25, 0.3) is 11.3 Å². The summed E-state index contributed by atoms with van der Waals surface area (Å²) < 4.78 is 13.8. The summed E-state index contributed by atoms with van der Waals surface area (Å²) in [6.07, 6.45) is 3.70. The first kappa shape index (κ1) is 39.0. The van der Waals surface area contributed by atoms with Gasteiger partial charge in [0, 0.05) is 46.5 Å². The van der Waals surface area contributed by atoms with E-state index >= 15 is 0 Å². The fraction of sp³-hybridized carbons (Fsp3) is 0.241. The largest absolute Gasteiger partial charge is 0.469 e. The van der Waals surface area contributed by atoms with Crippen molar-refractivity contribution in [1.29, 1.82) is 0 Å². The third kappa shape index (κ3) is 7.25. The number of benzene rings is 5. The van der Waals surface area contributed by atoms with Crippen LogP contribution in [0.15, 0.2) is 163 Å². The SMILES string of the molecule is Cc1cc(Oc2cc(C3=N[C@H](C(c4ccccc4)c4ccccc4)C(C)(C)O3)cc(-c3ccccn3)c2)cc(N2c3ccc(C(C)(C)C)cc3C(C)(C)c3cccnc32)c1. The molecular formula is C54H52N4O2. The fourth-order valence-corrected chi connectivity index (χ4v) is 8.90. The Morgan fingerprint density at radius 2 is 1.32 bits per heavy atom. The highest BCUT2D eigenvalue weighted by Crippen LogP contribution is 2.52. The lowest BCUT2D eigenvalue weighted by atomic mass is 9.72. The number of aryl methyl sites for hydroxylation is 1. The molecule has 2 aliphatic rings. The van der Waals surface area contributed by atoms with Crippen LogP contribution >= 0.6 is 0 Å². The standard InChI is InChI=1S/C54H52N4O2/c1-35-28-41(58-47-25-24-40(52(2,3)4)33-45(47)53(5,6)44-22-17-27-56-50(44)58)34-42(29-35)59-43-31-38(46-23-15-16-26-55-46)30-39(32-43)51-57-49(54(7,8)60-51)48(36-18-11-9-12-19-36)37-20-13-10-14-21-37/h9-34,48-49H,1-8H3/t49-/m1/s1. The van der Waals surface area contributed by atoms with Crippen LogP contribution in [0, 0.1) is 6.92 Å². The smallest absolute Gasteiger partial charge is 0.217 e. The van der Waals surface area contributed by atoms with Crippen molar-refractivity contribution in [3.63, 3.8) is 0 Å². The highest BCUT2D eigenvalue weighted by atomic mass is 16.5. The van der Waals surface area contributed by atoms with Gasteiger partial charge >= 0.3 is 0 Å². The van der Waals surface area contributed by atoms with E-state index in [1.807, 2.05) is 48.8 Å². The highest BCUT2D eigenvalue weighted by Gasteiger charge is 2.45. The number of ether oxygens (including phenoxy) is 2. The lowest BCUT2D eigenvalue weighted by Gasteiger charge is -2.41. The van der Waals surface area contributed by atoms with Crippen LogP contribution in [0.4, 0.5) is 17.2 Å². The monoisotopic (exact) mass is 788 g/mol. The molecule has 5 aromatic carbocycles.